The van der Waals surface area contributed by atoms with E-state index in [0.717, 1.165) is 69.8 Å². The highest BCUT2D eigenvalue weighted by molar-refractivity contribution is 5.88. The van der Waals surface area contributed by atoms with E-state index in [-0.39, 0.29) is 17.4 Å². The van der Waals surface area contributed by atoms with Crippen LogP contribution in [0.25, 0.3) is 10.9 Å². The van der Waals surface area contributed by atoms with Crippen LogP contribution in [0.1, 0.15) is 62.1 Å². The molecule has 2 aliphatic heterocycles. The second kappa shape index (κ2) is 10.6. The lowest BCUT2D eigenvalue weighted by Gasteiger charge is -2.46. The molecular weight excluding hydrogens is 498 g/mol. The standard InChI is InChI=1S/C34H43N3O3/c1-6-23-19-29-28(13-12-24-18-26(39-4)20-31(40-5)32(23)24)33(38)37(7-2)34(29)14-16-36(17-15-34)22-25-21-35(3)30-11-9-8-10-27(25)30/h8-11,18-21,23,28H,6-7,12-17,22H2,1-5H3/b29-19+. The van der Waals surface area contributed by atoms with Crippen LogP contribution in [-0.2, 0) is 24.8 Å². The van der Waals surface area contributed by atoms with Gasteiger partial charge < -0.3 is 18.9 Å². The molecule has 2 unspecified atom stereocenters. The predicted octanol–water partition coefficient (Wildman–Crippen LogP) is 6.07. The van der Waals surface area contributed by atoms with Crippen molar-refractivity contribution in [1.82, 2.24) is 14.4 Å². The first-order valence-electron chi connectivity index (χ1n) is 15.0. The number of ether oxygens (including phenoxy) is 2. The molecule has 2 saturated heterocycles. The van der Waals surface area contributed by atoms with Gasteiger partial charge in [0.2, 0.25) is 5.91 Å². The fourth-order valence-corrected chi connectivity index (χ4v) is 7.95. The van der Waals surface area contributed by atoms with Gasteiger partial charge >= 0.3 is 0 Å². The maximum Gasteiger partial charge on any atom is 0.230 e. The number of likely N-dealkylation sites (tertiary alicyclic amines) is 2. The van der Waals surface area contributed by atoms with Crippen LogP contribution in [-0.4, -0.2) is 59.7 Å². The van der Waals surface area contributed by atoms with Gasteiger partial charge in [0.15, 0.2) is 0 Å². The van der Waals surface area contributed by atoms with Crippen LogP contribution in [0.5, 0.6) is 11.5 Å². The molecule has 40 heavy (non-hydrogen) atoms. The van der Waals surface area contributed by atoms with Crippen LogP contribution in [0.4, 0.5) is 0 Å². The first-order chi connectivity index (χ1) is 19.4. The number of nitrogens with zero attached hydrogens (tertiary/aromatic N) is 3. The monoisotopic (exact) mass is 541 g/mol. The summed E-state index contributed by atoms with van der Waals surface area (Å²) in [6.45, 7) is 8.10. The van der Waals surface area contributed by atoms with Crippen LogP contribution in [0.2, 0.25) is 0 Å². The molecule has 0 bridgehead atoms. The zero-order chi connectivity index (χ0) is 28.0. The minimum absolute atomic E-state index is 0.0380. The summed E-state index contributed by atoms with van der Waals surface area (Å²) in [5.41, 5.74) is 6.38. The highest BCUT2D eigenvalue weighted by Crippen LogP contribution is 2.51. The molecule has 1 amide bonds. The number of hydrogen-bond donors (Lipinski definition) is 0. The lowest BCUT2D eigenvalue weighted by molar-refractivity contribution is -0.134. The van der Waals surface area contributed by atoms with Crippen LogP contribution < -0.4 is 9.47 Å². The summed E-state index contributed by atoms with van der Waals surface area (Å²) in [4.78, 5) is 18.8. The minimum Gasteiger partial charge on any atom is -0.497 e. The summed E-state index contributed by atoms with van der Waals surface area (Å²) >= 11 is 0. The molecule has 1 aromatic heterocycles. The Kier molecular flexibility index (Phi) is 7.16. The van der Waals surface area contributed by atoms with E-state index >= 15 is 0 Å². The first kappa shape index (κ1) is 26.9. The van der Waals surface area contributed by atoms with Crippen molar-refractivity contribution in [2.24, 2.45) is 13.0 Å². The Balaban J connectivity index is 1.33. The van der Waals surface area contributed by atoms with Crippen molar-refractivity contribution in [3.05, 3.63) is 70.9 Å². The number of para-hydroxylation sites is 1. The number of likely N-dealkylation sites (N-methyl/N-ethyl adjacent to an activating group) is 1. The first-order valence-corrected chi connectivity index (χ1v) is 15.0. The fraction of sp³-hybridized carbons (Fsp3) is 0.500. The largest absolute Gasteiger partial charge is 0.497 e. The normalized spacial score (nSPS) is 23.9. The maximum atomic E-state index is 14.0. The number of carbonyl (C=O) groups is 1. The Morgan fingerprint density at radius 2 is 1.82 bits per heavy atom. The number of allylic oxidation sites excluding steroid dienone is 1. The summed E-state index contributed by atoms with van der Waals surface area (Å²) in [5.74, 6) is 2.21. The molecule has 6 heteroatoms. The van der Waals surface area contributed by atoms with Gasteiger partial charge in [0.1, 0.15) is 11.5 Å². The number of methoxy groups -OCH3 is 2. The summed E-state index contributed by atoms with van der Waals surface area (Å²) < 4.78 is 13.7. The highest BCUT2D eigenvalue weighted by atomic mass is 16.5. The molecule has 6 rings (SSSR count). The molecule has 1 aliphatic carbocycles. The van der Waals surface area contributed by atoms with Gasteiger partial charge in [0.05, 0.1) is 25.7 Å². The third kappa shape index (κ3) is 4.23. The molecule has 3 aromatic rings. The summed E-state index contributed by atoms with van der Waals surface area (Å²) in [5, 5.41) is 1.34. The summed E-state index contributed by atoms with van der Waals surface area (Å²) in [6.07, 6.45) is 9.40. The molecule has 2 fully saturated rings. The number of amides is 1. The van der Waals surface area contributed by atoms with E-state index in [1.807, 2.05) is 6.07 Å². The predicted molar refractivity (Wildman–Crippen MR) is 160 cm³/mol. The third-order valence-electron chi connectivity index (χ3n) is 9.92. The van der Waals surface area contributed by atoms with Crippen molar-refractivity contribution in [2.45, 2.75) is 64.0 Å². The quantitative estimate of drug-likeness (QED) is 0.355. The molecule has 212 valence electrons. The maximum absolute atomic E-state index is 14.0. The average molecular weight is 542 g/mol. The van der Waals surface area contributed by atoms with E-state index in [1.165, 1.54) is 33.2 Å². The lowest BCUT2D eigenvalue weighted by Crippen LogP contribution is -2.53. The molecule has 0 saturated carbocycles. The number of aryl methyl sites for hydroxylation is 2. The molecule has 3 aliphatic rings. The smallest absolute Gasteiger partial charge is 0.230 e. The van der Waals surface area contributed by atoms with Crippen molar-refractivity contribution in [3.8, 4) is 11.5 Å². The van der Waals surface area contributed by atoms with E-state index in [4.69, 9.17) is 9.47 Å². The Hall–Kier alpha value is -3.25. The van der Waals surface area contributed by atoms with Gasteiger partial charge in [0, 0.05) is 67.9 Å². The number of piperidine rings is 1. The number of hydrogen-bond acceptors (Lipinski definition) is 4. The zero-order valence-corrected chi connectivity index (χ0v) is 24.7. The number of carbonyl (C=O) groups excluding carboxylic acids is 1. The van der Waals surface area contributed by atoms with Gasteiger partial charge in [-0.2, -0.15) is 0 Å². The molecule has 1 spiro atoms. The average Bonchev–Trinajstić information content (AvgIpc) is 3.39. The van der Waals surface area contributed by atoms with Crippen LogP contribution in [0, 0.1) is 5.92 Å². The van der Waals surface area contributed by atoms with Crippen molar-refractivity contribution < 1.29 is 14.3 Å². The Morgan fingerprint density at radius 1 is 1.05 bits per heavy atom. The van der Waals surface area contributed by atoms with E-state index in [2.05, 4.69) is 77.9 Å². The van der Waals surface area contributed by atoms with Gasteiger partial charge in [-0.3, -0.25) is 9.69 Å². The molecule has 0 radical (unpaired) electrons. The van der Waals surface area contributed by atoms with E-state index in [9.17, 15) is 4.79 Å². The topological polar surface area (TPSA) is 46.9 Å². The van der Waals surface area contributed by atoms with E-state index in [0.29, 0.717) is 5.91 Å². The van der Waals surface area contributed by atoms with Crippen molar-refractivity contribution >= 4 is 16.8 Å². The Labute approximate surface area is 238 Å². The van der Waals surface area contributed by atoms with Crippen LogP contribution in [0.15, 0.2) is 54.2 Å². The zero-order valence-electron chi connectivity index (χ0n) is 24.7. The van der Waals surface area contributed by atoms with Gasteiger partial charge in [-0.25, -0.2) is 0 Å². The van der Waals surface area contributed by atoms with Crippen molar-refractivity contribution in [2.75, 3.05) is 33.9 Å². The number of fused-ring (bicyclic) bond motifs is 4. The summed E-state index contributed by atoms with van der Waals surface area (Å²) in [7, 11) is 5.59. The number of benzene rings is 2. The SMILES string of the molecule is CCC1/C=C2\C(CCc3cc(OC)cc(OC)c31)C(=O)N(CC)C21CCN(Cc2cn(C)c3ccccc23)CC1. The van der Waals surface area contributed by atoms with Crippen molar-refractivity contribution in [1.29, 1.82) is 0 Å². The molecular formula is C34H43N3O3. The van der Waals surface area contributed by atoms with Crippen LogP contribution in [0.3, 0.4) is 0 Å². The third-order valence-corrected chi connectivity index (χ3v) is 9.92. The minimum atomic E-state index is -0.184. The van der Waals surface area contributed by atoms with Gasteiger partial charge in [-0.15, -0.1) is 0 Å². The molecule has 2 atom stereocenters. The lowest BCUT2D eigenvalue weighted by atomic mass is 9.72. The fourth-order valence-electron chi connectivity index (χ4n) is 7.95. The van der Waals surface area contributed by atoms with Gasteiger partial charge in [-0.05, 0) is 67.9 Å². The second-order valence-electron chi connectivity index (χ2n) is 11.8. The van der Waals surface area contributed by atoms with Gasteiger partial charge in [0.25, 0.3) is 0 Å². The van der Waals surface area contributed by atoms with E-state index < -0.39 is 0 Å². The summed E-state index contributed by atoms with van der Waals surface area (Å²) in [6, 6.07) is 12.8. The van der Waals surface area contributed by atoms with Gasteiger partial charge in [-0.1, -0.05) is 31.2 Å². The highest BCUT2D eigenvalue weighted by Gasteiger charge is 2.55. The Morgan fingerprint density at radius 3 is 2.52 bits per heavy atom. The molecule has 6 nitrogen and oxygen atoms in total. The molecule has 2 aromatic carbocycles. The Bertz CT molecular complexity index is 1450. The molecule has 3 heterocycles. The van der Waals surface area contributed by atoms with E-state index in [1.54, 1.807) is 14.2 Å². The number of aromatic nitrogens is 1. The second-order valence-corrected chi connectivity index (χ2v) is 11.8. The number of rotatable bonds is 6. The molecule has 0 N–H and O–H groups in total. The van der Waals surface area contributed by atoms with Crippen molar-refractivity contribution in [3.63, 3.8) is 0 Å². The van der Waals surface area contributed by atoms with Crippen LogP contribution >= 0.6 is 0 Å².